The van der Waals surface area contributed by atoms with Crippen molar-refractivity contribution in [2.75, 3.05) is 0 Å². The first-order chi connectivity index (χ1) is 11.3. The summed E-state index contributed by atoms with van der Waals surface area (Å²) in [6.07, 6.45) is 2.33. The lowest BCUT2D eigenvalue weighted by atomic mass is 9.79. The average Bonchev–Trinajstić information content (AvgIpc) is 2.63. The van der Waals surface area contributed by atoms with Gasteiger partial charge in [-0.2, -0.15) is 0 Å². The fourth-order valence-electron chi connectivity index (χ4n) is 3.38. The smallest absolute Gasteiger partial charge is 0.0115 e. The van der Waals surface area contributed by atoms with Crippen LogP contribution in [0, 0.1) is 5.92 Å². The second-order valence-corrected chi connectivity index (χ2v) is 6.30. The first kappa shape index (κ1) is 15.6. The Bertz CT molecular complexity index is 646. The third-order valence-corrected chi connectivity index (χ3v) is 4.62. The molecule has 1 atom stereocenters. The lowest BCUT2D eigenvalue weighted by Gasteiger charge is -2.25. The number of benzene rings is 3. The summed E-state index contributed by atoms with van der Waals surface area (Å²) in [6.45, 7) is 2.38. The lowest BCUT2D eigenvalue weighted by Crippen LogP contribution is -2.12. The van der Waals surface area contributed by atoms with E-state index in [9.17, 15) is 0 Å². The Balaban J connectivity index is 1.80. The van der Waals surface area contributed by atoms with Crippen LogP contribution >= 0.6 is 0 Å². The Hall–Kier alpha value is -2.34. The SMILES string of the molecule is CC(CCc1ccccc1)C(c1ccccc1)c1ccccc1. The predicted octanol–water partition coefficient (Wildman–Crippen LogP) is 6.09. The number of hydrogen-bond acceptors (Lipinski definition) is 0. The molecule has 3 aromatic rings. The molecule has 0 aliphatic carbocycles. The Morgan fingerprint density at radius 2 is 1.04 bits per heavy atom. The van der Waals surface area contributed by atoms with Gasteiger partial charge in [-0.25, -0.2) is 0 Å². The van der Waals surface area contributed by atoms with Crippen LogP contribution in [-0.4, -0.2) is 0 Å². The van der Waals surface area contributed by atoms with E-state index in [-0.39, 0.29) is 0 Å². The van der Waals surface area contributed by atoms with Crippen LogP contribution in [0.25, 0.3) is 0 Å². The second-order valence-electron chi connectivity index (χ2n) is 6.30. The molecule has 0 aliphatic rings. The molecule has 0 heterocycles. The molecule has 3 rings (SSSR count). The quantitative estimate of drug-likeness (QED) is 0.517. The highest BCUT2D eigenvalue weighted by molar-refractivity contribution is 5.33. The molecule has 0 bridgehead atoms. The summed E-state index contributed by atoms with van der Waals surface area (Å²) in [5.41, 5.74) is 4.26. The van der Waals surface area contributed by atoms with Crippen molar-refractivity contribution >= 4 is 0 Å². The summed E-state index contributed by atoms with van der Waals surface area (Å²) in [5.74, 6) is 1.06. The maximum absolute atomic E-state index is 2.38. The molecular formula is C23H24. The molecule has 0 aromatic heterocycles. The molecule has 0 spiro atoms. The molecule has 116 valence electrons. The van der Waals surface area contributed by atoms with E-state index in [1.54, 1.807) is 0 Å². The van der Waals surface area contributed by atoms with E-state index < -0.39 is 0 Å². The van der Waals surface area contributed by atoms with Gasteiger partial charge in [0, 0.05) is 5.92 Å². The first-order valence-corrected chi connectivity index (χ1v) is 8.48. The van der Waals surface area contributed by atoms with Gasteiger partial charge in [0.2, 0.25) is 0 Å². The number of aryl methyl sites for hydroxylation is 1. The van der Waals surface area contributed by atoms with Gasteiger partial charge in [-0.3, -0.25) is 0 Å². The van der Waals surface area contributed by atoms with Crippen molar-refractivity contribution in [3.63, 3.8) is 0 Å². The Kier molecular flexibility index (Phi) is 5.26. The minimum absolute atomic E-state index is 0.459. The number of hydrogen-bond donors (Lipinski definition) is 0. The topological polar surface area (TPSA) is 0 Å². The van der Waals surface area contributed by atoms with E-state index in [1.165, 1.54) is 23.1 Å². The molecule has 0 saturated heterocycles. The zero-order chi connectivity index (χ0) is 15.9. The van der Waals surface area contributed by atoms with Crippen LogP contribution in [-0.2, 0) is 6.42 Å². The van der Waals surface area contributed by atoms with Gasteiger partial charge in [0.25, 0.3) is 0 Å². The van der Waals surface area contributed by atoms with E-state index in [2.05, 4.69) is 97.9 Å². The van der Waals surface area contributed by atoms with Crippen LogP contribution in [0.1, 0.15) is 36.0 Å². The van der Waals surface area contributed by atoms with Crippen molar-refractivity contribution in [2.24, 2.45) is 5.92 Å². The van der Waals surface area contributed by atoms with E-state index in [0.29, 0.717) is 11.8 Å². The third-order valence-electron chi connectivity index (χ3n) is 4.62. The summed E-state index contributed by atoms with van der Waals surface area (Å²) in [5, 5.41) is 0. The maximum atomic E-state index is 2.38. The van der Waals surface area contributed by atoms with E-state index in [1.807, 2.05) is 0 Å². The van der Waals surface area contributed by atoms with Crippen molar-refractivity contribution in [3.05, 3.63) is 108 Å². The molecule has 0 saturated carbocycles. The summed E-state index contributed by atoms with van der Waals surface area (Å²) in [6, 6.07) is 32.6. The molecule has 1 unspecified atom stereocenters. The summed E-state index contributed by atoms with van der Waals surface area (Å²) in [7, 11) is 0. The van der Waals surface area contributed by atoms with Crippen molar-refractivity contribution in [1.82, 2.24) is 0 Å². The van der Waals surface area contributed by atoms with E-state index in [0.717, 1.165) is 6.42 Å². The van der Waals surface area contributed by atoms with E-state index in [4.69, 9.17) is 0 Å². The minimum Gasteiger partial charge on any atom is -0.0622 e. The zero-order valence-electron chi connectivity index (χ0n) is 13.7. The van der Waals surface area contributed by atoms with Crippen molar-refractivity contribution in [2.45, 2.75) is 25.7 Å². The van der Waals surface area contributed by atoms with Crippen LogP contribution < -0.4 is 0 Å². The molecule has 23 heavy (non-hydrogen) atoms. The highest BCUT2D eigenvalue weighted by atomic mass is 14.2. The summed E-state index contributed by atoms with van der Waals surface area (Å²) in [4.78, 5) is 0. The van der Waals surface area contributed by atoms with Gasteiger partial charge < -0.3 is 0 Å². The predicted molar refractivity (Wildman–Crippen MR) is 98.7 cm³/mol. The number of rotatable bonds is 6. The fraction of sp³-hybridized carbons (Fsp3) is 0.217. The largest absolute Gasteiger partial charge is 0.0622 e. The first-order valence-electron chi connectivity index (χ1n) is 8.48. The Morgan fingerprint density at radius 1 is 0.609 bits per heavy atom. The van der Waals surface area contributed by atoms with Gasteiger partial charge >= 0.3 is 0 Å². The molecule has 0 aliphatic heterocycles. The van der Waals surface area contributed by atoms with E-state index >= 15 is 0 Å². The van der Waals surface area contributed by atoms with Gasteiger partial charge in [0.15, 0.2) is 0 Å². The highest BCUT2D eigenvalue weighted by Gasteiger charge is 2.20. The second kappa shape index (κ2) is 7.78. The summed E-state index contributed by atoms with van der Waals surface area (Å²) < 4.78 is 0. The van der Waals surface area contributed by atoms with Crippen molar-refractivity contribution in [1.29, 1.82) is 0 Å². The van der Waals surface area contributed by atoms with Crippen LogP contribution in [0.2, 0.25) is 0 Å². The van der Waals surface area contributed by atoms with Crippen LogP contribution in [0.15, 0.2) is 91.0 Å². The summed E-state index contributed by atoms with van der Waals surface area (Å²) >= 11 is 0. The molecule has 0 fully saturated rings. The van der Waals surface area contributed by atoms with Crippen molar-refractivity contribution in [3.8, 4) is 0 Å². The fourth-order valence-corrected chi connectivity index (χ4v) is 3.38. The Labute approximate surface area is 139 Å². The van der Waals surface area contributed by atoms with Crippen LogP contribution in [0.4, 0.5) is 0 Å². The van der Waals surface area contributed by atoms with Gasteiger partial charge in [-0.1, -0.05) is 97.9 Å². The molecule has 3 aromatic carbocycles. The van der Waals surface area contributed by atoms with Gasteiger partial charge in [-0.05, 0) is 35.4 Å². The maximum Gasteiger partial charge on any atom is 0.0115 e. The van der Waals surface area contributed by atoms with Gasteiger partial charge in [0.05, 0.1) is 0 Å². The van der Waals surface area contributed by atoms with Gasteiger partial charge in [-0.15, -0.1) is 0 Å². The molecule has 0 heteroatoms. The average molecular weight is 300 g/mol. The normalized spacial score (nSPS) is 12.3. The molecule has 0 amide bonds. The minimum atomic E-state index is 0.459. The van der Waals surface area contributed by atoms with Crippen molar-refractivity contribution < 1.29 is 0 Å². The monoisotopic (exact) mass is 300 g/mol. The van der Waals surface area contributed by atoms with Crippen LogP contribution in [0.3, 0.4) is 0 Å². The Morgan fingerprint density at radius 3 is 1.52 bits per heavy atom. The lowest BCUT2D eigenvalue weighted by molar-refractivity contribution is 0.474. The molecular weight excluding hydrogens is 276 g/mol. The third kappa shape index (κ3) is 4.10. The zero-order valence-corrected chi connectivity index (χ0v) is 13.7. The molecule has 0 N–H and O–H groups in total. The standard InChI is InChI=1S/C23H24/c1-19(17-18-20-11-5-2-6-12-20)23(21-13-7-3-8-14-21)22-15-9-4-10-16-22/h2-16,19,23H,17-18H2,1H3. The molecule has 0 radical (unpaired) electrons. The highest BCUT2D eigenvalue weighted by Crippen LogP contribution is 2.34. The van der Waals surface area contributed by atoms with Gasteiger partial charge in [0.1, 0.15) is 0 Å². The molecule has 0 nitrogen and oxygen atoms in total. The van der Waals surface area contributed by atoms with Crippen LogP contribution in [0.5, 0.6) is 0 Å².